The molecule has 0 saturated heterocycles. The van der Waals surface area contributed by atoms with Gasteiger partial charge in [0.2, 0.25) is 11.8 Å². The zero-order valence-electron chi connectivity index (χ0n) is 20.4. The van der Waals surface area contributed by atoms with Crippen LogP contribution in [-0.4, -0.2) is 57.8 Å². The topological polar surface area (TPSA) is 145 Å². The second-order valence-electron chi connectivity index (χ2n) is 8.11. The van der Waals surface area contributed by atoms with Crippen LogP contribution >= 0.6 is 0 Å². The summed E-state index contributed by atoms with van der Waals surface area (Å²) in [5.41, 5.74) is 1.58. The molecule has 0 fully saturated rings. The van der Waals surface area contributed by atoms with Crippen LogP contribution in [0, 0.1) is 0 Å². The number of carboxylic acid groups (broad SMARTS) is 1. The van der Waals surface area contributed by atoms with Gasteiger partial charge in [0.25, 0.3) is 0 Å². The highest BCUT2D eigenvalue weighted by atomic mass is 16.6. The Morgan fingerprint density at radius 2 is 1.50 bits per heavy atom. The number of nitrogens with one attached hydrogen (secondary N) is 2. The molecule has 0 saturated carbocycles. The number of ether oxygens (including phenoxy) is 1. The monoisotopic (exact) mass is 499 g/mol. The molecule has 0 spiro atoms. The summed E-state index contributed by atoms with van der Waals surface area (Å²) in [5, 5.41) is 24.5. The van der Waals surface area contributed by atoms with Crippen molar-refractivity contribution in [1.29, 1.82) is 0 Å². The van der Waals surface area contributed by atoms with E-state index in [-0.39, 0.29) is 19.1 Å². The highest BCUT2D eigenvalue weighted by molar-refractivity contribution is 5.93. The van der Waals surface area contributed by atoms with Crippen molar-refractivity contribution >= 4 is 23.9 Å². The third-order valence-electron chi connectivity index (χ3n) is 5.61. The Morgan fingerprint density at radius 3 is 2.03 bits per heavy atom. The molecule has 2 aromatic carbocycles. The molecule has 0 aromatic heterocycles. The number of benzene rings is 2. The predicted molar refractivity (Wildman–Crippen MR) is 131 cm³/mol. The molecular formula is C26H33N3O7. The number of carbonyl (C=O) groups is 4. The van der Waals surface area contributed by atoms with Gasteiger partial charge in [0.1, 0.15) is 25.4 Å². The summed E-state index contributed by atoms with van der Waals surface area (Å²) >= 11 is 0. The van der Waals surface area contributed by atoms with Crippen molar-refractivity contribution in [3.05, 3.63) is 71.8 Å². The molecular weight excluding hydrogens is 466 g/mol. The minimum absolute atomic E-state index is 0.129. The number of amides is 3. The molecule has 0 aliphatic carbocycles. The summed E-state index contributed by atoms with van der Waals surface area (Å²) in [6.07, 6.45) is -1.00. The lowest BCUT2D eigenvalue weighted by Gasteiger charge is -2.29. The molecule has 0 radical (unpaired) electrons. The normalized spacial score (nSPS) is 13.1. The van der Waals surface area contributed by atoms with Crippen LogP contribution < -0.4 is 10.6 Å². The van der Waals surface area contributed by atoms with E-state index in [1.807, 2.05) is 37.3 Å². The molecule has 0 bridgehead atoms. The molecule has 3 atom stereocenters. The molecule has 10 nitrogen and oxygen atoms in total. The Bertz CT molecular complexity index is 1000. The molecule has 2 aromatic rings. The molecule has 36 heavy (non-hydrogen) atoms. The number of nitrogens with zero attached hydrogens (tertiary/aromatic N) is 1. The summed E-state index contributed by atoms with van der Waals surface area (Å²) < 4.78 is 5.16. The highest BCUT2D eigenvalue weighted by Gasteiger charge is 2.34. The first-order valence-electron chi connectivity index (χ1n) is 11.8. The SMILES string of the molecule is CC[C@H](NC(=O)[C@@H](CC)NC(=O)[C@H](CC(=O)O)N(CO)C(=O)OCc1ccccc1)c1ccccc1. The molecule has 0 heterocycles. The summed E-state index contributed by atoms with van der Waals surface area (Å²) in [7, 11) is 0. The summed E-state index contributed by atoms with van der Waals surface area (Å²) in [6, 6.07) is 15.3. The quantitative estimate of drug-likeness (QED) is 0.310. The van der Waals surface area contributed by atoms with Crippen LogP contribution in [0.4, 0.5) is 4.79 Å². The number of hydrogen-bond acceptors (Lipinski definition) is 6. The lowest BCUT2D eigenvalue weighted by Crippen LogP contribution is -2.55. The Hall–Kier alpha value is -3.92. The van der Waals surface area contributed by atoms with Gasteiger partial charge < -0.3 is 25.6 Å². The van der Waals surface area contributed by atoms with E-state index in [4.69, 9.17) is 4.74 Å². The minimum Gasteiger partial charge on any atom is -0.481 e. The van der Waals surface area contributed by atoms with Gasteiger partial charge in [0, 0.05) is 0 Å². The van der Waals surface area contributed by atoms with E-state index in [9.17, 15) is 29.4 Å². The van der Waals surface area contributed by atoms with Crippen LogP contribution in [0.2, 0.25) is 0 Å². The molecule has 0 unspecified atom stereocenters. The van der Waals surface area contributed by atoms with Crippen molar-refractivity contribution in [2.75, 3.05) is 6.73 Å². The first-order valence-corrected chi connectivity index (χ1v) is 11.8. The molecule has 3 amide bonds. The van der Waals surface area contributed by atoms with Crippen LogP contribution in [0.3, 0.4) is 0 Å². The zero-order valence-corrected chi connectivity index (χ0v) is 20.4. The van der Waals surface area contributed by atoms with Gasteiger partial charge >= 0.3 is 12.1 Å². The number of carboxylic acids is 1. The van der Waals surface area contributed by atoms with Gasteiger partial charge in [-0.1, -0.05) is 74.5 Å². The van der Waals surface area contributed by atoms with E-state index in [1.54, 1.807) is 37.3 Å². The summed E-state index contributed by atoms with van der Waals surface area (Å²) in [5.74, 6) is -2.70. The summed E-state index contributed by atoms with van der Waals surface area (Å²) in [4.78, 5) is 50.6. The number of aliphatic carboxylic acids is 1. The molecule has 0 aliphatic rings. The maximum Gasteiger partial charge on any atom is 0.412 e. The van der Waals surface area contributed by atoms with Gasteiger partial charge in [0.05, 0.1) is 12.5 Å². The van der Waals surface area contributed by atoms with Crippen LogP contribution in [-0.2, 0) is 25.7 Å². The Kier molecular flexibility index (Phi) is 11.4. The van der Waals surface area contributed by atoms with Gasteiger partial charge in [-0.3, -0.25) is 19.3 Å². The lowest BCUT2D eigenvalue weighted by molar-refractivity contribution is -0.143. The second kappa shape index (κ2) is 14.5. The fraction of sp³-hybridized carbons (Fsp3) is 0.385. The third kappa shape index (κ3) is 8.38. The Labute approximate surface area is 210 Å². The smallest absolute Gasteiger partial charge is 0.412 e. The zero-order chi connectivity index (χ0) is 26.5. The van der Waals surface area contributed by atoms with Crippen LogP contribution in [0.25, 0.3) is 0 Å². The standard InChI is InChI=1S/C26H33N3O7/c1-3-20(19-13-9-6-10-14-19)27-24(33)21(4-2)28-25(34)22(15-23(31)32)29(17-30)26(35)36-16-18-11-7-5-8-12-18/h5-14,20-22,30H,3-4,15-17H2,1-2H3,(H,27,33)(H,28,34)(H,31,32)/t20-,21+,22-/m0/s1. The fourth-order valence-corrected chi connectivity index (χ4v) is 3.60. The number of aliphatic hydroxyl groups excluding tert-OH is 1. The first kappa shape index (κ1) is 28.3. The lowest BCUT2D eigenvalue weighted by atomic mass is 10.0. The van der Waals surface area contributed by atoms with Gasteiger partial charge in [-0.15, -0.1) is 0 Å². The first-order chi connectivity index (χ1) is 17.3. The second-order valence-corrected chi connectivity index (χ2v) is 8.11. The van der Waals surface area contributed by atoms with Crippen molar-refractivity contribution in [2.45, 2.75) is 57.8 Å². The van der Waals surface area contributed by atoms with Crippen molar-refractivity contribution in [2.24, 2.45) is 0 Å². The maximum absolute atomic E-state index is 13.0. The highest BCUT2D eigenvalue weighted by Crippen LogP contribution is 2.16. The molecule has 0 aliphatic heterocycles. The maximum atomic E-state index is 13.0. The predicted octanol–water partition coefficient (Wildman–Crippen LogP) is 2.58. The van der Waals surface area contributed by atoms with Crippen molar-refractivity contribution in [3.8, 4) is 0 Å². The van der Waals surface area contributed by atoms with E-state index in [1.165, 1.54) is 0 Å². The molecule has 194 valence electrons. The fourth-order valence-electron chi connectivity index (χ4n) is 3.60. The van der Waals surface area contributed by atoms with E-state index in [0.29, 0.717) is 16.9 Å². The molecule has 2 rings (SSSR count). The molecule has 10 heteroatoms. The number of hydrogen-bond donors (Lipinski definition) is 4. The molecule has 4 N–H and O–H groups in total. The van der Waals surface area contributed by atoms with Crippen molar-refractivity contribution in [3.63, 3.8) is 0 Å². The average molecular weight is 500 g/mol. The van der Waals surface area contributed by atoms with Gasteiger partial charge in [0.15, 0.2) is 0 Å². The third-order valence-corrected chi connectivity index (χ3v) is 5.61. The van der Waals surface area contributed by atoms with Crippen LogP contribution in [0.1, 0.15) is 50.3 Å². The largest absolute Gasteiger partial charge is 0.481 e. The Balaban J connectivity index is 2.11. The van der Waals surface area contributed by atoms with Gasteiger partial charge in [-0.2, -0.15) is 0 Å². The van der Waals surface area contributed by atoms with E-state index >= 15 is 0 Å². The summed E-state index contributed by atoms with van der Waals surface area (Å²) in [6.45, 7) is 2.53. The van der Waals surface area contributed by atoms with E-state index in [0.717, 1.165) is 5.56 Å². The van der Waals surface area contributed by atoms with Gasteiger partial charge in [-0.25, -0.2) is 4.79 Å². The van der Waals surface area contributed by atoms with Crippen molar-refractivity contribution < 1.29 is 34.1 Å². The number of rotatable bonds is 13. The number of carbonyl (C=O) groups excluding carboxylic acids is 3. The van der Waals surface area contributed by atoms with Crippen molar-refractivity contribution in [1.82, 2.24) is 15.5 Å². The van der Waals surface area contributed by atoms with Crippen LogP contribution in [0.5, 0.6) is 0 Å². The van der Waals surface area contributed by atoms with Gasteiger partial charge in [-0.05, 0) is 24.0 Å². The number of aliphatic hydroxyl groups is 1. The van der Waals surface area contributed by atoms with Crippen LogP contribution in [0.15, 0.2) is 60.7 Å². The average Bonchev–Trinajstić information content (AvgIpc) is 2.89. The van der Waals surface area contributed by atoms with E-state index < -0.39 is 49.1 Å². The van der Waals surface area contributed by atoms with E-state index in [2.05, 4.69) is 10.6 Å². The Morgan fingerprint density at radius 1 is 0.889 bits per heavy atom. The minimum atomic E-state index is -1.59.